The third-order valence-electron chi connectivity index (χ3n) is 14.3. The standard InChI is InChI=1S/C30H40O2.C20H36O2S.C10H6O2/c1-5-9-13-21(7-3)17-23-19-27-28(20-24(23)18-22(8-4)14-10-6-2)30(32)26-16-12-11-15-25(26)29(27)31;1-5-9-11-17(7-3)13-19-15-23(21,22)16-20(19)14-18(8-4)12-10-6-2;11-9-5-6-10(12)8-4-2-1-3-7(8)9/h11-12,15-16,19-22H,5-10,13-14,17-18H2,1-4H3;15-18H,5-14H2,1-4H3;1-6H. The Hall–Kier alpha value is -4.49. The average Bonchev–Trinajstić information content (AvgIpc) is 3.63. The molecule has 1 aliphatic heterocycles. The number of carbonyl (C=O) groups excluding carboxylic acids is 4. The van der Waals surface area contributed by atoms with Crippen molar-refractivity contribution in [1.82, 2.24) is 0 Å². The van der Waals surface area contributed by atoms with Gasteiger partial charge in [-0.05, 0) is 95.9 Å². The van der Waals surface area contributed by atoms with E-state index < -0.39 is 9.84 Å². The van der Waals surface area contributed by atoms with Gasteiger partial charge >= 0.3 is 0 Å². The van der Waals surface area contributed by atoms with Crippen molar-refractivity contribution >= 4 is 33.0 Å². The van der Waals surface area contributed by atoms with E-state index in [2.05, 4.69) is 67.5 Å². The second-order valence-electron chi connectivity index (χ2n) is 19.3. The van der Waals surface area contributed by atoms with Gasteiger partial charge in [-0.15, -0.1) is 0 Å². The predicted molar refractivity (Wildman–Crippen MR) is 279 cm³/mol. The number of sulfone groups is 1. The van der Waals surface area contributed by atoms with Crippen molar-refractivity contribution in [2.24, 2.45) is 23.7 Å². The van der Waals surface area contributed by atoms with Crippen molar-refractivity contribution in [2.45, 2.75) is 184 Å². The van der Waals surface area contributed by atoms with E-state index >= 15 is 0 Å². The molecule has 0 spiro atoms. The molecule has 6 nitrogen and oxygen atoms in total. The SMILES string of the molecule is CCCCC(CC)CC1=CS(=O)(=O)C=C1CC(CC)CCCC.CCCCC(CC)Cc1cc2c(cc1CC(CC)CCCC)C(=O)c1ccccc1C2=O.O=C1C=CC(=O)c2ccccc21. The summed E-state index contributed by atoms with van der Waals surface area (Å²) in [6.07, 6.45) is 25.8. The second-order valence-corrected chi connectivity index (χ2v) is 21.0. The van der Waals surface area contributed by atoms with Crippen LogP contribution < -0.4 is 0 Å². The van der Waals surface area contributed by atoms with E-state index in [1.165, 1.54) is 100 Å². The lowest BCUT2D eigenvalue weighted by atomic mass is 9.78. The lowest BCUT2D eigenvalue weighted by Gasteiger charge is -2.24. The quantitative estimate of drug-likeness (QED) is 0.0693. The van der Waals surface area contributed by atoms with Gasteiger partial charge in [0.05, 0.1) is 0 Å². The van der Waals surface area contributed by atoms with Gasteiger partial charge in [0.2, 0.25) is 0 Å². The Morgan fingerprint density at radius 3 is 1.00 bits per heavy atom. The Labute approximate surface area is 405 Å². The van der Waals surface area contributed by atoms with E-state index in [9.17, 15) is 27.6 Å². The van der Waals surface area contributed by atoms with Crippen LogP contribution in [0.1, 0.15) is 235 Å². The zero-order chi connectivity index (χ0) is 48.9. The van der Waals surface area contributed by atoms with Gasteiger partial charge in [0, 0.05) is 44.2 Å². The molecule has 3 aliphatic rings. The zero-order valence-electron chi connectivity index (χ0n) is 42.4. The van der Waals surface area contributed by atoms with E-state index in [-0.39, 0.29) is 23.1 Å². The predicted octanol–water partition coefficient (Wildman–Crippen LogP) is 16.0. The first-order valence-corrected chi connectivity index (χ1v) is 27.7. The molecule has 0 bridgehead atoms. The highest BCUT2D eigenvalue weighted by Crippen LogP contribution is 2.37. The minimum Gasteiger partial charge on any atom is -0.289 e. The average molecular weight is 931 g/mol. The highest BCUT2D eigenvalue weighted by Gasteiger charge is 2.31. The molecule has 7 heteroatoms. The molecule has 0 fully saturated rings. The van der Waals surface area contributed by atoms with Gasteiger partial charge in [-0.2, -0.15) is 0 Å². The number of hydrogen-bond donors (Lipinski definition) is 0. The van der Waals surface area contributed by atoms with Crippen LogP contribution in [0.25, 0.3) is 0 Å². The molecule has 0 amide bonds. The number of ketones is 4. The largest absolute Gasteiger partial charge is 0.289 e. The Bertz CT molecular complexity index is 2170. The summed E-state index contributed by atoms with van der Waals surface area (Å²) in [6, 6.07) is 18.3. The van der Waals surface area contributed by atoms with E-state index in [1.807, 2.05) is 12.1 Å². The summed E-state index contributed by atoms with van der Waals surface area (Å²) in [5.41, 5.74) is 8.12. The molecule has 1 heterocycles. The Balaban J connectivity index is 0.000000242. The van der Waals surface area contributed by atoms with Gasteiger partial charge in [0.1, 0.15) is 0 Å². The Morgan fingerprint density at radius 2 is 0.701 bits per heavy atom. The summed E-state index contributed by atoms with van der Waals surface area (Å²) in [5.74, 6) is 2.32. The number of hydrogen-bond acceptors (Lipinski definition) is 6. The minimum absolute atomic E-state index is 0.00244. The van der Waals surface area contributed by atoms with Crippen LogP contribution in [-0.4, -0.2) is 31.6 Å². The van der Waals surface area contributed by atoms with Gasteiger partial charge in [0.15, 0.2) is 33.0 Å². The molecule has 364 valence electrons. The molecule has 6 rings (SSSR count). The van der Waals surface area contributed by atoms with Crippen molar-refractivity contribution in [3.05, 3.63) is 139 Å². The molecule has 0 N–H and O–H groups in total. The zero-order valence-corrected chi connectivity index (χ0v) is 43.2. The molecule has 0 saturated heterocycles. The molecule has 67 heavy (non-hydrogen) atoms. The lowest BCUT2D eigenvalue weighted by molar-refractivity contribution is 0.0979. The van der Waals surface area contributed by atoms with Gasteiger partial charge in [-0.25, -0.2) is 8.42 Å². The maximum atomic E-state index is 13.3. The van der Waals surface area contributed by atoms with E-state index in [0.29, 0.717) is 57.1 Å². The fourth-order valence-corrected chi connectivity index (χ4v) is 11.2. The van der Waals surface area contributed by atoms with Crippen LogP contribution >= 0.6 is 0 Å². The Kier molecular flexibility index (Phi) is 23.1. The first kappa shape index (κ1) is 55.1. The van der Waals surface area contributed by atoms with Gasteiger partial charge in [-0.1, -0.05) is 207 Å². The summed E-state index contributed by atoms with van der Waals surface area (Å²) >= 11 is 0. The third-order valence-corrected chi connectivity index (χ3v) is 15.5. The summed E-state index contributed by atoms with van der Waals surface area (Å²) in [6.45, 7) is 17.9. The lowest BCUT2D eigenvalue weighted by Crippen LogP contribution is -2.22. The van der Waals surface area contributed by atoms with Crippen molar-refractivity contribution in [3.8, 4) is 0 Å². The van der Waals surface area contributed by atoms with Crippen molar-refractivity contribution in [2.75, 3.05) is 0 Å². The molecular formula is C60H82O6S. The van der Waals surface area contributed by atoms with Crippen molar-refractivity contribution < 1.29 is 27.6 Å². The van der Waals surface area contributed by atoms with Crippen molar-refractivity contribution in [3.63, 3.8) is 0 Å². The summed E-state index contributed by atoms with van der Waals surface area (Å²) in [4.78, 5) is 49.0. The number of rotatable bonds is 24. The molecule has 4 atom stereocenters. The van der Waals surface area contributed by atoms with Crippen LogP contribution in [0.3, 0.4) is 0 Å². The molecule has 4 unspecified atom stereocenters. The molecule has 0 saturated carbocycles. The first-order chi connectivity index (χ1) is 32.3. The highest BCUT2D eigenvalue weighted by atomic mass is 32.2. The molecule has 0 aromatic heterocycles. The van der Waals surface area contributed by atoms with Crippen LogP contribution in [0.15, 0.2) is 94.8 Å². The first-order valence-electron chi connectivity index (χ1n) is 26.1. The van der Waals surface area contributed by atoms with Gasteiger partial charge < -0.3 is 0 Å². The smallest absolute Gasteiger partial charge is 0.194 e. The molecule has 3 aromatic rings. The number of unbranched alkanes of at least 4 members (excludes halogenated alkanes) is 4. The van der Waals surface area contributed by atoms with Crippen molar-refractivity contribution in [1.29, 1.82) is 0 Å². The summed E-state index contributed by atoms with van der Waals surface area (Å²) in [7, 11) is -3.12. The third kappa shape index (κ3) is 16.0. The van der Waals surface area contributed by atoms with Crippen LogP contribution in [0, 0.1) is 23.7 Å². The molecular weight excluding hydrogens is 849 g/mol. The fraction of sp³-hybridized carbons (Fsp3) is 0.533. The summed E-state index contributed by atoms with van der Waals surface area (Å²) < 4.78 is 24.1. The molecule has 0 radical (unpaired) electrons. The van der Waals surface area contributed by atoms with Gasteiger partial charge in [0.25, 0.3) is 0 Å². The van der Waals surface area contributed by atoms with E-state index in [1.54, 1.807) is 47.2 Å². The Morgan fingerprint density at radius 1 is 0.403 bits per heavy atom. The number of fused-ring (bicyclic) bond motifs is 3. The fourth-order valence-electron chi connectivity index (χ4n) is 9.82. The number of benzene rings is 3. The topological polar surface area (TPSA) is 102 Å². The maximum Gasteiger partial charge on any atom is 0.194 e. The molecule has 2 aliphatic carbocycles. The van der Waals surface area contributed by atoms with Crippen LogP contribution in [0.5, 0.6) is 0 Å². The highest BCUT2D eigenvalue weighted by molar-refractivity contribution is 7.97. The van der Waals surface area contributed by atoms with E-state index in [4.69, 9.17) is 0 Å². The van der Waals surface area contributed by atoms with E-state index in [0.717, 1.165) is 62.5 Å². The number of allylic oxidation sites excluding steroid dienone is 4. The minimum atomic E-state index is -3.12. The molecule has 3 aromatic carbocycles. The van der Waals surface area contributed by atoms with Gasteiger partial charge in [-0.3, -0.25) is 19.2 Å². The summed E-state index contributed by atoms with van der Waals surface area (Å²) in [5, 5.41) is 3.09. The normalized spacial score (nSPS) is 16.3. The van der Waals surface area contributed by atoms with Crippen LogP contribution in [0.4, 0.5) is 0 Å². The second kappa shape index (κ2) is 28.1. The monoisotopic (exact) mass is 931 g/mol. The maximum absolute atomic E-state index is 13.3. The number of carbonyl (C=O) groups is 4. The van der Waals surface area contributed by atoms with Crippen LogP contribution in [0.2, 0.25) is 0 Å². The van der Waals surface area contributed by atoms with Crippen LogP contribution in [-0.2, 0) is 22.7 Å².